The van der Waals surface area contributed by atoms with E-state index >= 15 is 0 Å². The van der Waals surface area contributed by atoms with Crippen molar-refractivity contribution in [3.63, 3.8) is 0 Å². The van der Waals surface area contributed by atoms with Crippen LogP contribution in [0.1, 0.15) is 74.1 Å². The number of hydrogen-bond donors (Lipinski definition) is 3. The maximum Gasteiger partial charge on any atom is 0.327 e. The number of carboxylic acid groups (broad SMARTS) is 1. The zero-order valence-electron chi connectivity index (χ0n) is 20.8. The van der Waals surface area contributed by atoms with Gasteiger partial charge in [0.2, 0.25) is 11.8 Å². The van der Waals surface area contributed by atoms with E-state index in [2.05, 4.69) is 56.6 Å². The van der Waals surface area contributed by atoms with E-state index in [-0.39, 0.29) is 17.6 Å². The molecule has 0 aliphatic heterocycles. The molecule has 0 rings (SSSR count). The van der Waals surface area contributed by atoms with Crippen molar-refractivity contribution in [2.45, 2.75) is 86.2 Å². The van der Waals surface area contributed by atoms with Crippen LogP contribution < -0.4 is 10.6 Å². The molecule has 0 aliphatic carbocycles. The number of carbonyl (C=O) groups excluding carboxylic acids is 2. The Balaban J connectivity index is 4.50. The van der Waals surface area contributed by atoms with Crippen LogP contribution in [-0.4, -0.2) is 46.5 Å². The molecule has 6 nitrogen and oxygen atoms in total. The molecule has 7 heteroatoms. The molecule has 0 radical (unpaired) electrons. The Bertz CT molecular complexity index is 707. The lowest BCUT2D eigenvalue weighted by atomic mass is 10.0. The highest BCUT2D eigenvalue weighted by atomic mass is 32.2. The van der Waals surface area contributed by atoms with Gasteiger partial charge in [-0.2, -0.15) is 11.8 Å². The molecule has 0 aromatic heterocycles. The fourth-order valence-electron chi connectivity index (χ4n) is 2.92. The first kappa shape index (κ1) is 30.0. The number of allylic oxidation sites excluding steroid dienone is 5. The van der Waals surface area contributed by atoms with Crippen LogP contribution in [0.2, 0.25) is 0 Å². The molecule has 0 aliphatic rings. The molecule has 2 atom stereocenters. The van der Waals surface area contributed by atoms with Gasteiger partial charge in [0.15, 0.2) is 0 Å². The quantitative estimate of drug-likeness (QED) is 0.236. The first-order valence-electron chi connectivity index (χ1n) is 11.3. The standard InChI is InChI=1S/C25H42N2O4S/c1-17(2)10-8-11-19(5)12-9-13-20(6)14-15-32-16-22(25(30)31)27-24(29)23(18(3)4)26-21(7)28/h10,12,14,18,22-23H,8-9,11,13,15-16H2,1-7H3,(H,26,28)(H,27,29)(H,30,31)/t22-,23-/m0/s1. The largest absolute Gasteiger partial charge is 0.480 e. The van der Waals surface area contributed by atoms with Crippen LogP contribution >= 0.6 is 11.8 Å². The van der Waals surface area contributed by atoms with Gasteiger partial charge in [-0.1, -0.05) is 48.8 Å². The van der Waals surface area contributed by atoms with Gasteiger partial charge >= 0.3 is 5.97 Å². The fraction of sp³-hybridized carbons (Fsp3) is 0.640. The average molecular weight is 467 g/mol. The Morgan fingerprint density at radius 3 is 1.94 bits per heavy atom. The van der Waals surface area contributed by atoms with Crippen molar-refractivity contribution in [2.24, 2.45) is 5.92 Å². The minimum atomic E-state index is -1.08. The van der Waals surface area contributed by atoms with E-state index in [1.807, 2.05) is 0 Å². The molecule has 0 aromatic rings. The molecule has 3 N–H and O–H groups in total. The van der Waals surface area contributed by atoms with Crippen molar-refractivity contribution < 1.29 is 19.5 Å². The molecule has 0 bridgehead atoms. The fourth-order valence-corrected chi connectivity index (χ4v) is 3.92. The van der Waals surface area contributed by atoms with Crippen LogP contribution in [0.3, 0.4) is 0 Å². The van der Waals surface area contributed by atoms with E-state index in [0.717, 1.165) is 25.7 Å². The Kier molecular flexibility index (Phi) is 15.5. The highest BCUT2D eigenvalue weighted by Crippen LogP contribution is 2.13. The summed E-state index contributed by atoms with van der Waals surface area (Å²) in [4.78, 5) is 35.3. The summed E-state index contributed by atoms with van der Waals surface area (Å²) in [5, 5.41) is 14.6. The first-order chi connectivity index (χ1) is 14.9. The molecule has 0 saturated heterocycles. The maximum atomic E-state index is 12.4. The summed E-state index contributed by atoms with van der Waals surface area (Å²) in [6, 6.07) is -1.75. The predicted octanol–water partition coefficient (Wildman–Crippen LogP) is 4.87. The van der Waals surface area contributed by atoms with Gasteiger partial charge in [0.05, 0.1) is 0 Å². The summed E-state index contributed by atoms with van der Waals surface area (Å²) in [6.07, 6.45) is 10.8. The van der Waals surface area contributed by atoms with Crippen molar-refractivity contribution in [3.8, 4) is 0 Å². The molecule has 182 valence electrons. The zero-order valence-corrected chi connectivity index (χ0v) is 21.6. The van der Waals surface area contributed by atoms with Crippen molar-refractivity contribution in [1.82, 2.24) is 10.6 Å². The van der Waals surface area contributed by atoms with E-state index in [9.17, 15) is 19.5 Å². The number of carbonyl (C=O) groups is 3. The highest BCUT2D eigenvalue weighted by molar-refractivity contribution is 7.99. The number of hydrogen-bond acceptors (Lipinski definition) is 4. The lowest BCUT2D eigenvalue weighted by molar-refractivity contribution is -0.141. The van der Waals surface area contributed by atoms with Crippen LogP contribution in [0.15, 0.2) is 34.9 Å². The molecule has 0 fully saturated rings. The number of aliphatic carboxylic acids is 1. The van der Waals surface area contributed by atoms with Gasteiger partial charge in [-0.15, -0.1) is 0 Å². The van der Waals surface area contributed by atoms with Crippen molar-refractivity contribution in [1.29, 1.82) is 0 Å². The molecule has 0 saturated carbocycles. The van der Waals surface area contributed by atoms with Crippen LogP contribution in [-0.2, 0) is 14.4 Å². The van der Waals surface area contributed by atoms with E-state index in [1.165, 1.54) is 35.4 Å². The van der Waals surface area contributed by atoms with Crippen LogP contribution in [0.25, 0.3) is 0 Å². The minimum Gasteiger partial charge on any atom is -0.480 e. The van der Waals surface area contributed by atoms with Crippen LogP contribution in [0.5, 0.6) is 0 Å². The monoisotopic (exact) mass is 466 g/mol. The molecule has 0 aromatic carbocycles. The average Bonchev–Trinajstić information content (AvgIpc) is 2.67. The van der Waals surface area contributed by atoms with Gasteiger partial charge in [0.25, 0.3) is 0 Å². The summed E-state index contributed by atoms with van der Waals surface area (Å²) >= 11 is 1.47. The normalized spacial score (nSPS) is 14.0. The Morgan fingerprint density at radius 1 is 0.875 bits per heavy atom. The number of thioether (sulfide) groups is 1. The van der Waals surface area contributed by atoms with E-state index in [4.69, 9.17) is 0 Å². The van der Waals surface area contributed by atoms with Crippen molar-refractivity contribution in [2.75, 3.05) is 11.5 Å². The summed E-state index contributed by atoms with van der Waals surface area (Å²) < 4.78 is 0. The molecule has 2 amide bonds. The van der Waals surface area contributed by atoms with Gasteiger partial charge in [0, 0.05) is 18.4 Å². The second kappa shape index (κ2) is 16.6. The maximum absolute atomic E-state index is 12.4. The van der Waals surface area contributed by atoms with Gasteiger partial charge in [-0.05, 0) is 59.3 Å². The number of carboxylic acids is 1. The molecule has 0 heterocycles. The minimum absolute atomic E-state index is 0.142. The van der Waals surface area contributed by atoms with Gasteiger partial charge in [0.1, 0.15) is 12.1 Å². The highest BCUT2D eigenvalue weighted by Gasteiger charge is 2.27. The summed E-state index contributed by atoms with van der Waals surface area (Å²) in [5.74, 6) is -1.06. The zero-order chi connectivity index (χ0) is 24.7. The summed E-state index contributed by atoms with van der Waals surface area (Å²) in [7, 11) is 0. The van der Waals surface area contributed by atoms with Crippen molar-refractivity contribution >= 4 is 29.5 Å². The number of nitrogens with one attached hydrogen (secondary N) is 2. The SMILES string of the molecule is CC(=O)N[C@H](C(=O)N[C@@H](CSCC=C(C)CCC=C(C)CCC=C(C)C)C(=O)O)C(C)C. The Morgan fingerprint density at radius 2 is 1.44 bits per heavy atom. The summed E-state index contributed by atoms with van der Waals surface area (Å²) in [6.45, 7) is 13.4. The van der Waals surface area contributed by atoms with E-state index in [1.54, 1.807) is 13.8 Å². The van der Waals surface area contributed by atoms with Gasteiger partial charge in [-0.3, -0.25) is 9.59 Å². The number of rotatable bonds is 15. The number of amides is 2. The third-order valence-electron chi connectivity index (χ3n) is 4.88. The Hall–Kier alpha value is -2.02. The molecular weight excluding hydrogens is 424 g/mol. The summed E-state index contributed by atoms with van der Waals surface area (Å²) in [5.41, 5.74) is 4.03. The Labute approximate surface area is 198 Å². The molecule has 0 spiro atoms. The smallest absolute Gasteiger partial charge is 0.327 e. The first-order valence-corrected chi connectivity index (χ1v) is 12.4. The molecule has 0 unspecified atom stereocenters. The van der Waals surface area contributed by atoms with E-state index in [0.29, 0.717) is 5.75 Å². The third kappa shape index (κ3) is 14.9. The van der Waals surface area contributed by atoms with Crippen LogP contribution in [0.4, 0.5) is 0 Å². The molecule has 32 heavy (non-hydrogen) atoms. The van der Waals surface area contributed by atoms with Gasteiger partial charge in [-0.25, -0.2) is 4.79 Å². The van der Waals surface area contributed by atoms with Crippen LogP contribution in [0, 0.1) is 5.92 Å². The van der Waals surface area contributed by atoms with Gasteiger partial charge < -0.3 is 15.7 Å². The lowest BCUT2D eigenvalue weighted by Gasteiger charge is -2.23. The molecular formula is C25H42N2O4S. The predicted molar refractivity (Wildman–Crippen MR) is 135 cm³/mol. The lowest BCUT2D eigenvalue weighted by Crippen LogP contribution is -2.54. The second-order valence-corrected chi connectivity index (χ2v) is 9.89. The topological polar surface area (TPSA) is 95.5 Å². The van der Waals surface area contributed by atoms with E-state index < -0.39 is 24.0 Å². The third-order valence-corrected chi connectivity index (χ3v) is 5.85. The second-order valence-electron chi connectivity index (χ2n) is 8.82. The van der Waals surface area contributed by atoms with Crippen molar-refractivity contribution in [3.05, 3.63) is 34.9 Å².